The van der Waals surface area contributed by atoms with Crippen molar-refractivity contribution in [2.45, 2.75) is 20.0 Å². The zero-order chi connectivity index (χ0) is 11.6. The van der Waals surface area contributed by atoms with Crippen molar-refractivity contribution in [1.29, 1.82) is 0 Å². The number of hydrogen-bond donors (Lipinski definition) is 1. The molecule has 0 aliphatic rings. The van der Waals surface area contributed by atoms with Crippen molar-refractivity contribution in [2.24, 2.45) is 0 Å². The zero-order valence-corrected chi connectivity index (χ0v) is 9.01. The minimum Gasteiger partial charge on any atom is -0.490 e. The maximum atomic E-state index is 13.0. The Kier molecular flexibility index (Phi) is 3.52. The third kappa shape index (κ3) is 2.83. The summed E-state index contributed by atoms with van der Waals surface area (Å²) in [6.45, 7) is 3.48. The fourth-order valence-corrected chi connectivity index (χ4v) is 1.20. The van der Waals surface area contributed by atoms with Gasteiger partial charge < -0.3 is 9.84 Å². The summed E-state index contributed by atoms with van der Waals surface area (Å²) in [7, 11) is 0. The fourth-order valence-electron chi connectivity index (χ4n) is 1.05. The van der Waals surface area contributed by atoms with Crippen LogP contribution in [0, 0.1) is 5.82 Å². The summed E-state index contributed by atoms with van der Waals surface area (Å²) in [6, 6.07) is 2.02. The van der Waals surface area contributed by atoms with Crippen LogP contribution < -0.4 is 4.74 Å². The quantitative estimate of drug-likeness (QED) is 0.872. The van der Waals surface area contributed by atoms with E-state index in [-0.39, 0.29) is 22.4 Å². The van der Waals surface area contributed by atoms with Crippen LogP contribution in [-0.2, 0) is 0 Å². The van der Waals surface area contributed by atoms with Crippen LogP contribution in [0.1, 0.15) is 24.2 Å². The number of hydrogen-bond acceptors (Lipinski definition) is 2. The van der Waals surface area contributed by atoms with Crippen molar-refractivity contribution in [3.63, 3.8) is 0 Å². The van der Waals surface area contributed by atoms with Gasteiger partial charge in [-0.3, -0.25) is 0 Å². The van der Waals surface area contributed by atoms with Crippen molar-refractivity contribution in [3.05, 3.63) is 28.5 Å². The summed E-state index contributed by atoms with van der Waals surface area (Å²) in [5.41, 5.74) is -0.231. The molecular weight excluding hydrogens is 223 g/mol. The highest BCUT2D eigenvalue weighted by Crippen LogP contribution is 2.27. The average Bonchev–Trinajstić information content (AvgIpc) is 2.09. The number of rotatable bonds is 3. The van der Waals surface area contributed by atoms with Crippen LogP contribution in [0.5, 0.6) is 5.75 Å². The molecule has 0 aromatic heterocycles. The molecule has 0 radical (unpaired) electrons. The van der Waals surface area contributed by atoms with Crippen LogP contribution in [0.2, 0.25) is 5.02 Å². The van der Waals surface area contributed by atoms with E-state index in [9.17, 15) is 9.18 Å². The van der Waals surface area contributed by atoms with E-state index in [4.69, 9.17) is 21.4 Å². The maximum absolute atomic E-state index is 13.0. The average molecular weight is 233 g/mol. The molecule has 1 N–H and O–H groups in total. The Labute approximate surface area is 91.4 Å². The SMILES string of the molecule is CC(C)Oc1cc(Cl)c(F)cc1C(=O)O. The van der Waals surface area contributed by atoms with Crippen molar-refractivity contribution < 1.29 is 19.0 Å². The van der Waals surface area contributed by atoms with Gasteiger partial charge in [-0.15, -0.1) is 0 Å². The molecule has 15 heavy (non-hydrogen) atoms. The first-order valence-electron chi connectivity index (χ1n) is 4.30. The van der Waals surface area contributed by atoms with Gasteiger partial charge in [0.25, 0.3) is 0 Å². The Morgan fingerprint density at radius 1 is 1.53 bits per heavy atom. The molecular formula is C10H10ClFO3. The molecule has 0 bridgehead atoms. The Bertz CT molecular complexity index is 390. The zero-order valence-electron chi connectivity index (χ0n) is 8.25. The molecule has 0 spiro atoms. The van der Waals surface area contributed by atoms with Crippen LogP contribution in [0.3, 0.4) is 0 Å². The van der Waals surface area contributed by atoms with Gasteiger partial charge in [-0.2, -0.15) is 0 Å². The lowest BCUT2D eigenvalue weighted by atomic mass is 10.2. The summed E-state index contributed by atoms with van der Waals surface area (Å²) in [5, 5.41) is 8.65. The molecule has 1 rings (SSSR count). The summed E-state index contributed by atoms with van der Waals surface area (Å²) >= 11 is 5.53. The van der Waals surface area contributed by atoms with Gasteiger partial charge in [0.15, 0.2) is 0 Å². The van der Waals surface area contributed by atoms with Gasteiger partial charge in [-0.25, -0.2) is 9.18 Å². The van der Waals surface area contributed by atoms with Crippen LogP contribution in [0.4, 0.5) is 4.39 Å². The van der Waals surface area contributed by atoms with Gasteiger partial charge >= 0.3 is 5.97 Å². The summed E-state index contributed by atoms with van der Waals surface area (Å²) < 4.78 is 18.2. The number of ether oxygens (including phenoxy) is 1. The lowest BCUT2D eigenvalue weighted by Gasteiger charge is -2.12. The predicted molar refractivity (Wildman–Crippen MR) is 54.1 cm³/mol. The van der Waals surface area contributed by atoms with Crippen LogP contribution in [0.15, 0.2) is 12.1 Å². The standard InChI is InChI=1S/C10H10ClFO3/c1-5(2)15-9-4-7(11)8(12)3-6(9)10(13)14/h3-5H,1-2H3,(H,13,14). The second kappa shape index (κ2) is 4.49. The van der Waals surface area contributed by atoms with Gasteiger partial charge in [-0.05, 0) is 19.9 Å². The minimum atomic E-state index is -1.25. The van der Waals surface area contributed by atoms with Crippen molar-refractivity contribution in [3.8, 4) is 5.75 Å². The van der Waals surface area contributed by atoms with Gasteiger partial charge in [-0.1, -0.05) is 11.6 Å². The highest BCUT2D eigenvalue weighted by atomic mass is 35.5. The van der Waals surface area contributed by atoms with E-state index in [0.717, 1.165) is 6.07 Å². The van der Waals surface area contributed by atoms with Gasteiger partial charge in [0.1, 0.15) is 17.1 Å². The molecule has 1 aromatic rings. The van der Waals surface area contributed by atoms with Crippen molar-refractivity contribution in [1.82, 2.24) is 0 Å². The molecule has 3 nitrogen and oxygen atoms in total. The molecule has 0 amide bonds. The summed E-state index contributed by atoms with van der Waals surface area (Å²) in [4.78, 5) is 10.8. The first-order valence-corrected chi connectivity index (χ1v) is 4.68. The Balaban J connectivity index is 3.22. The Morgan fingerprint density at radius 2 is 2.13 bits per heavy atom. The van der Waals surface area contributed by atoms with E-state index >= 15 is 0 Å². The first-order chi connectivity index (χ1) is 6.91. The maximum Gasteiger partial charge on any atom is 0.339 e. The minimum absolute atomic E-state index is 0.0731. The van der Waals surface area contributed by atoms with E-state index < -0.39 is 11.8 Å². The fraction of sp³-hybridized carbons (Fsp3) is 0.300. The van der Waals surface area contributed by atoms with E-state index in [1.807, 2.05) is 0 Å². The molecule has 0 heterocycles. The molecule has 0 aliphatic heterocycles. The second-order valence-electron chi connectivity index (χ2n) is 3.23. The van der Waals surface area contributed by atoms with Crippen LogP contribution >= 0.6 is 11.6 Å². The third-order valence-corrected chi connectivity index (χ3v) is 1.91. The lowest BCUT2D eigenvalue weighted by Crippen LogP contribution is -2.10. The molecule has 0 fully saturated rings. The monoisotopic (exact) mass is 232 g/mol. The normalized spacial score (nSPS) is 10.5. The van der Waals surface area contributed by atoms with Gasteiger partial charge in [0.2, 0.25) is 0 Å². The molecule has 0 atom stereocenters. The van der Waals surface area contributed by atoms with E-state index in [1.165, 1.54) is 6.07 Å². The summed E-state index contributed by atoms with van der Waals surface area (Å²) in [6.07, 6.45) is -0.204. The molecule has 1 aromatic carbocycles. The second-order valence-corrected chi connectivity index (χ2v) is 3.64. The number of carbonyl (C=O) groups is 1. The molecule has 0 unspecified atom stereocenters. The highest BCUT2D eigenvalue weighted by molar-refractivity contribution is 6.31. The van der Waals surface area contributed by atoms with Crippen molar-refractivity contribution >= 4 is 17.6 Å². The molecule has 0 saturated heterocycles. The highest BCUT2D eigenvalue weighted by Gasteiger charge is 2.16. The third-order valence-electron chi connectivity index (χ3n) is 1.62. The molecule has 0 saturated carbocycles. The van der Waals surface area contributed by atoms with Crippen LogP contribution in [0.25, 0.3) is 0 Å². The summed E-state index contributed by atoms with van der Waals surface area (Å²) in [5.74, 6) is -1.95. The van der Waals surface area contributed by atoms with Gasteiger partial charge in [0, 0.05) is 6.07 Å². The van der Waals surface area contributed by atoms with E-state index in [1.54, 1.807) is 13.8 Å². The number of halogens is 2. The van der Waals surface area contributed by atoms with Crippen LogP contribution in [-0.4, -0.2) is 17.2 Å². The van der Waals surface area contributed by atoms with Gasteiger partial charge in [0.05, 0.1) is 11.1 Å². The predicted octanol–water partition coefficient (Wildman–Crippen LogP) is 2.96. The first kappa shape index (κ1) is 11.8. The Hall–Kier alpha value is -1.29. The smallest absolute Gasteiger partial charge is 0.339 e. The number of benzene rings is 1. The lowest BCUT2D eigenvalue weighted by molar-refractivity contribution is 0.0690. The number of carboxylic acids is 1. The number of aromatic carboxylic acids is 1. The molecule has 82 valence electrons. The topological polar surface area (TPSA) is 46.5 Å². The van der Waals surface area contributed by atoms with E-state index in [0.29, 0.717) is 0 Å². The molecule has 5 heteroatoms. The van der Waals surface area contributed by atoms with E-state index in [2.05, 4.69) is 0 Å². The Morgan fingerprint density at radius 3 is 2.60 bits per heavy atom. The largest absolute Gasteiger partial charge is 0.490 e. The molecule has 0 aliphatic carbocycles. The van der Waals surface area contributed by atoms with Crippen molar-refractivity contribution in [2.75, 3.05) is 0 Å². The number of carboxylic acid groups (broad SMARTS) is 1.